The third-order valence-electron chi connectivity index (χ3n) is 3.59. The van der Waals surface area contributed by atoms with Gasteiger partial charge in [-0.05, 0) is 26.0 Å². The molecule has 0 atom stereocenters. The molecule has 3 aromatic rings. The molecule has 5 heteroatoms. The number of nitrogens with one attached hydrogen (secondary N) is 1. The Morgan fingerprint density at radius 1 is 1.38 bits per heavy atom. The SMILES string of the molecule is Cc1cc2cccc(C(=O)N(C)Cc3cn[nH]c3C)c2o1. The van der Waals surface area contributed by atoms with Gasteiger partial charge < -0.3 is 9.32 Å². The molecule has 2 aromatic heterocycles. The van der Waals surface area contributed by atoms with Crippen molar-refractivity contribution in [1.29, 1.82) is 0 Å². The van der Waals surface area contributed by atoms with Crippen molar-refractivity contribution in [2.75, 3.05) is 7.05 Å². The van der Waals surface area contributed by atoms with Gasteiger partial charge in [0.25, 0.3) is 5.91 Å². The molecule has 0 spiro atoms. The van der Waals surface area contributed by atoms with Gasteiger partial charge in [0.1, 0.15) is 11.3 Å². The Balaban J connectivity index is 1.91. The lowest BCUT2D eigenvalue weighted by molar-refractivity contribution is 0.0786. The Labute approximate surface area is 122 Å². The van der Waals surface area contributed by atoms with E-state index in [1.54, 1.807) is 24.2 Å². The monoisotopic (exact) mass is 283 g/mol. The first-order valence-electron chi connectivity index (χ1n) is 6.79. The lowest BCUT2D eigenvalue weighted by Crippen LogP contribution is -2.26. The van der Waals surface area contributed by atoms with E-state index in [0.717, 1.165) is 22.4 Å². The van der Waals surface area contributed by atoms with Crippen LogP contribution in [0, 0.1) is 13.8 Å². The predicted molar refractivity (Wildman–Crippen MR) is 80.1 cm³/mol. The smallest absolute Gasteiger partial charge is 0.257 e. The zero-order chi connectivity index (χ0) is 15.0. The number of amides is 1. The summed E-state index contributed by atoms with van der Waals surface area (Å²) in [6.07, 6.45) is 1.75. The van der Waals surface area contributed by atoms with Gasteiger partial charge in [0.2, 0.25) is 0 Å². The third kappa shape index (κ3) is 2.42. The average Bonchev–Trinajstić information content (AvgIpc) is 3.02. The van der Waals surface area contributed by atoms with Crippen molar-refractivity contribution in [1.82, 2.24) is 15.1 Å². The Kier molecular flexibility index (Phi) is 3.25. The fourth-order valence-corrected chi connectivity index (χ4v) is 2.43. The molecule has 1 amide bonds. The molecule has 1 N–H and O–H groups in total. The van der Waals surface area contributed by atoms with Crippen LogP contribution in [0.25, 0.3) is 11.0 Å². The van der Waals surface area contributed by atoms with Crippen molar-refractivity contribution in [3.05, 3.63) is 53.0 Å². The van der Waals surface area contributed by atoms with E-state index in [4.69, 9.17) is 4.42 Å². The van der Waals surface area contributed by atoms with Gasteiger partial charge in [-0.15, -0.1) is 0 Å². The van der Waals surface area contributed by atoms with E-state index < -0.39 is 0 Å². The first kappa shape index (κ1) is 13.4. The number of carbonyl (C=O) groups excluding carboxylic acids is 1. The summed E-state index contributed by atoms with van der Waals surface area (Å²) in [5, 5.41) is 7.81. The Bertz CT molecular complexity index is 801. The lowest BCUT2D eigenvalue weighted by Gasteiger charge is -2.17. The molecule has 0 saturated carbocycles. The minimum Gasteiger partial charge on any atom is -0.461 e. The van der Waals surface area contributed by atoms with E-state index in [1.807, 2.05) is 32.0 Å². The summed E-state index contributed by atoms with van der Waals surface area (Å²) in [7, 11) is 1.78. The number of furan rings is 1. The van der Waals surface area contributed by atoms with Crippen LogP contribution in [-0.4, -0.2) is 28.1 Å². The molecule has 5 nitrogen and oxygen atoms in total. The summed E-state index contributed by atoms with van der Waals surface area (Å²) in [5.41, 5.74) is 3.22. The van der Waals surface area contributed by atoms with E-state index in [0.29, 0.717) is 17.7 Å². The summed E-state index contributed by atoms with van der Waals surface area (Å²) >= 11 is 0. The van der Waals surface area contributed by atoms with Crippen molar-refractivity contribution in [3.8, 4) is 0 Å². The highest BCUT2D eigenvalue weighted by molar-refractivity contribution is 6.04. The Morgan fingerprint density at radius 3 is 2.90 bits per heavy atom. The van der Waals surface area contributed by atoms with Crippen molar-refractivity contribution >= 4 is 16.9 Å². The quantitative estimate of drug-likeness (QED) is 0.803. The zero-order valence-electron chi connectivity index (χ0n) is 12.3. The molecule has 0 aliphatic heterocycles. The molecule has 3 rings (SSSR count). The van der Waals surface area contributed by atoms with Crippen molar-refractivity contribution in [2.24, 2.45) is 0 Å². The molecule has 108 valence electrons. The van der Waals surface area contributed by atoms with Crippen molar-refractivity contribution < 1.29 is 9.21 Å². The molecule has 21 heavy (non-hydrogen) atoms. The maximum Gasteiger partial charge on any atom is 0.257 e. The number of hydrogen-bond acceptors (Lipinski definition) is 3. The van der Waals surface area contributed by atoms with Gasteiger partial charge in [-0.2, -0.15) is 5.10 Å². The number of hydrogen-bond donors (Lipinski definition) is 1. The highest BCUT2D eigenvalue weighted by atomic mass is 16.3. The van der Waals surface area contributed by atoms with Crippen LogP contribution < -0.4 is 0 Å². The number of aromatic nitrogens is 2. The number of nitrogens with zero attached hydrogens (tertiary/aromatic N) is 2. The summed E-state index contributed by atoms with van der Waals surface area (Å²) in [6, 6.07) is 7.56. The third-order valence-corrected chi connectivity index (χ3v) is 3.59. The number of carbonyl (C=O) groups is 1. The molecule has 2 heterocycles. The topological polar surface area (TPSA) is 62.1 Å². The summed E-state index contributed by atoms with van der Waals surface area (Å²) in [6.45, 7) is 4.33. The lowest BCUT2D eigenvalue weighted by atomic mass is 10.1. The van der Waals surface area contributed by atoms with Gasteiger partial charge >= 0.3 is 0 Å². The molecule has 0 unspecified atom stereocenters. The number of rotatable bonds is 3. The minimum atomic E-state index is -0.0597. The van der Waals surface area contributed by atoms with E-state index >= 15 is 0 Å². The van der Waals surface area contributed by atoms with Crippen molar-refractivity contribution in [3.63, 3.8) is 0 Å². The first-order valence-corrected chi connectivity index (χ1v) is 6.79. The van der Waals surface area contributed by atoms with Crippen LogP contribution in [0.4, 0.5) is 0 Å². The molecule has 0 aliphatic carbocycles. The molecule has 0 radical (unpaired) electrons. The first-order chi connectivity index (χ1) is 10.1. The van der Waals surface area contributed by atoms with E-state index in [-0.39, 0.29) is 5.91 Å². The molecular weight excluding hydrogens is 266 g/mol. The zero-order valence-corrected chi connectivity index (χ0v) is 12.3. The largest absolute Gasteiger partial charge is 0.461 e. The number of benzene rings is 1. The Morgan fingerprint density at radius 2 is 2.19 bits per heavy atom. The minimum absolute atomic E-state index is 0.0597. The van der Waals surface area contributed by atoms with Crippen molar-refractivity contribution in [2.45, 2.75) is 20.4 Å². The molecule has 1 aromatic carbocycles. The standard InChI is InChI=1S/C16H17N3O2/c1-10-7-12-5-4-6-14(15(12)21-10)16(20)19(3)9-13-8-17-18-11(13)2/h4-8H,9H2,1-3H3,(H,17,18). The molecular formula is C16H17N3O2. The fourth-order valence-electron chi connectivity index (χ4n) is 2.43. The van der Waals surface area contributed by atoms with Gasteiger partial charge in [0.15, 0.2) is 0 Å². The van der Waals surface area contributed by atoms with Crippen LogP contribution in [0.1, 0.15) is 27.4 Å². The van der Waals surface area contributed by atoms with Crippen LogP contribution in [0.5, 0.6) is 0 Å². The predicted octanol–water partition coefficient (Wildman–Crippen LogP) is 3.04. The maximum absolute atomic E-state index is 12.6. The number of aromatic amines is 1. The highest BCUT2D eigenvalue weighted by Crippen LogP contribution is 2.24. The Hall–Kier alpha value is -2.56. The van der Waals surface area contributed by atoms with E-state index in [1.165, 1.54) is 0 Å². The van der Waals surface area contributed by atoms with Gasteiger partial charge in [0, 0.05) is 30.2 Å². The van der Waals surface area contributed by atoms with Gasteiger partial charge in [-0.25, -0.2) is 0 Å². The number of aryl methyl sites for hydroxylation is 2. The second-order valence-corrected chi connectivity index (χ2v) is 5.26. The number of fused-ring (bicyclic) bond motifs is 1. The summed E-state index contributed by atoms with van der Waals surface area (Å²) < 4.78 is 5.66. The normalized spacial score (nSPS) is 11.0. The van der Waals surface area contributed by atoms with Crippen LogP contribution in [0.2, 0.25) is 0 Å². The van der Waals surface area contributed by atoms with Crippen LogP contribution >= 0.6 is 0 Å². The van der Waals surface area contributed by atoms with E-state index in [9.17, 15) is 4.79 Å². The van der Waals surface area contributed by atoms with Crippen LogP contribution in [-0.2, 0) is 6.54 Å². The number of para-hydroxylation sites is 1. The second kappa shape index (κ2) is 5.09. The fraction of sp³-hybridized carbons (Fsp3) is 0.250. The number of H-pyrrole nitrogens is 1. The second-order valence-electron chi connectivity index (χ2n) is 5.26. The van der Waals surface area contributed by atoms with Crippen LogP contribution in [0.15, 0.2) is 34.9 Å². The van der Waals surface area contributed by atoms with Crippen LogP contribution in [0.3, 0.4) is 0 Å². The van der Waals surface area contributed by atoms with Gasteiger partial charge in [0.05, 0.1) is 11.8 Å². The molecule has 0 fully saturated rings. The molecule has 0 aliphatic rings. The maximum atomic E-state index is 12.6. The van der Waals surface area contributed by atoms with Gasteiger partial charge in [-0.1, -0.05) is 12.1 Å². The summed E-state index contributed by atoms with van der Waals surface area (Å²) in [4.78, 5) is 14.3. The van der Waals surface area contributed by atoms with Gasteiger partial charge in [-0.3, -0.25) is 9.89 Å². The average molecular weight is 283 g/mol. The van der Waals surface area contributed by atoms with E-state index in [2.05, 4.69) is 10.2 Å². The highest BCUT2D eigenvalue weighted by Gasteiger charge is 2.18. The molecule has 0 saturated heterocycles. The summed E-state index contributed by atoms with van der Waals surface area (Å²) in [5.74, 6) is 0.745. The molecule has 0 bridgehead atoms.